The zero-order chi connectivity index (χ0) is 14.2. The van der Waals surface area contributed by atoms with Crippen LogP contribution in [0.2, 0.25) is 0 Å². The van der Waals surface area contributed by atoms with Gasteiger partial charge in [0, 0.05) is 6.04 Å². The van der Waals surface area contributed by atoms with Gasteiger partial charge in [-0.3, -0.25) is 5.32 Å². The third-order valence-corrected chi connectivity index (χ3v) is 4.11. The number of rotatable bonds is 9. The molecule has 3 heteroatoms. The molecule has 0 saturated heterocycles. The highest BCUT2D eigenvalue weighted by atomic mass is 15.1. The van der Waals surface area contributed by atoms with E-state index in [9.17, 15) is 5.26 Å². The summed E-state index contributed by atoms with van der Waals surface area (Å²) in [6.07, 6.45) is 2.88. The second kappa shape index (κ2) is 8.50. The third-order valence-electron chi connectivity index (χ3n) is 4.11. The molecule has 0 aliphatic rings. The Bertz CT molecular complexity index is 257. The Morgan fingerprint density at radius 2 is 1.89 bits per heavy atom. The lowest BCUT2D eigenvalue weighted by Gasteiger charge is -2.30. The van der Waals surface area contributed by atoms with Gasteiger partial charge < -0.3 is 4.90 Å². The third kappa shape index (κ3) is 5.37. The normalized spacial score (nSPS) is 16.6. The van der Waals surface area contributed by atoms with E-state index in [2.05, 4.69) is 58.0 Å². The Kier molecular flexibility index (Phi) is 8.22. The van der Waals surface area contributed by atoms with Crippen molar-refractivity contribution in [1.29, 1.82) is 5.26 Å². The number of nitrogens with one attached hydrogen (secondary N) is 1. The van der Waals surface area contributed by atoms with Gasteiger partial charge in [-0.2, -0.15) is 5.26 Å². The monoisotopic (exact) mass is 253 g/mol. The zero-order valence-electron chi connectivity index (χ0n) is 13.1. The molecule has 106 valence electrons. The van der Waals surface area contributed by atoms with Gasteiger partial charge in [-0.15, -0.1) is 0 Å². The van der Waals surface area contributed by atoms with Crippen molar-refractivity contribution in [2.45, 2.75) is 65.5 Å². The smallest absolute Gasteiger partial charge is 0.106 e. The van der Waals surface area contributed by atoms with Crippen LogP contribution >= 0.6 is 0 Å². The van der Waals surface area contributed by atoms with Crippen molar-refractivity contribution < 1.29 is 0 Å². The lowest BCUT2D eigenvalue weighted by molar-refractivity contribution is 0.198. The van der Waals surface area contributed by atoms with Crippen molar-refractivity contribution in [3.63, 3.8) is 0 Å². The fourth-order valence-corrected chi connectivity index (χ4v) is 2.25. The molecule has 0 heterocycles. The average Bonchev–Trinajstić information content (AvgIpc) is 2.36. The summed E-state index contributed by atoms with van der Waals surface area (Å²) in [6, 6.07) is 3.06. The Labute approximate surface area is 114 Å². The van der Waals surface area contributed by atoms with Gasteiger partial charge in [0.05, 0.1) is 6.07 Å². The first-order valence-electron chi connectivity index (χ1n) is 7.29. The molecule has 0 fully saturated rings. The van der Waals surface area contributed by atoms with Crippen LogP contribution in [-0.2, 0) is 0 Å². The van der Waals surface area contributed by atoms with Crippen molar-refractivity contribution >= 4 is 0 Å². The summed E-state index contributed by atoms with van der Waals surface area (Å²) in [7, 11) is 2.18. The molecular formula is C15H31N3. The molecule has 0 bridgehead atoms. The minimum Gasteiger partial charge on any atom is -0.303 e. The van der Waals surface area contributed by atoms with Gasteiger partial charge in [0.15, 0.2) is 0 Å². The lowest BCUT2D eigenvalue weighted by Crippen LogP contribution is -2.44. The van der Waals surface area contributed by atoms with Gasteiger partial charge >= 0.3 is 0 Å². The summed E-state index contributed by atoms with van der Waals surface area (Å²) in [5.74, 6) is 0.677. The van der Waals surface area contributed by atoms with Gasteiger partial charge in [-0.05, 0) is 52.2 Å². The number of hydrogen-bond donors (Lipinski definition) is 1. The average molecular weight is 253 g/mol. The number of nitriles is 1. The topological polar surface area (TPSA) is 39.1 Å². The summed E-state index contributed by atoms with van der Waals surface area (Å²) < 4.78 is 0. The fraction of sp³-hybridized carbons (Fsp3) is 0.933. The standard InChI is InChI=1S/C15H31N3/c1-7-15(12-16,17-8-2)10-9-11-18(6)14(5)13(3)4/h13-14,17H,7-11H2,1-6H3. The zero-order valence-corrected chi connectivity index (χ0v) is 13.1. The van der Waals surface area contributed by atoms with Gasteiger partial charge in [0.2, 0.25) is 0 Å². The van der Waals surface area contributed by atoms with Crippen LogP contribution in [-0.4, -0.2) is 36.6 Å². The van der Waals surface area contributed by atoms with Crippen LogP contribution < -0.4 is 5.32 Å². The van der Waals surface area contributed by atoms with Gasteiger partial charge in [0.25, 0.3) is 0 Å². The van der Waals surface area contributed by atoms with E-state index in [0.717, 1.165) is 32.4 Å². The summed E-state index contributed by atoms with van der Waals surface area (Å²) in [5, 5.41) is 12.7. The molecule has 0 spiro atoms. The van der Waals surface area contributed by atoms with Crippen LogP contribution in [0.4, 0.5) is 0 Å². The molecule has 0 amide bonds. The first-order chi connectivity index (χ1) is 8.42. The maximum atomic E-state index is 9.34. The highest BCUT2D eigenvalue weighted by Crippen LogP contribution is 2.17. The molecular weight excluding hydrogens is 222 g/mol. The molecule has 2 atom stereocenters. The summed E-state index contributed by atoms with van der Waals surface area (Å²) >= 11 is 0. The van der Waals surface area contributed by atoms with Crippen LogP contribution in [0.15, 0.2) is 0 Å². The molecule has 0 aromatic carbocycles. The molecule has 2 unspecified atom stereocenters. The highest BCUT2D eigenvalue weighted by Gasteiger charge is 2.26. The van der Waals surface area contributed by atoms with E-state index in [-0.39, 0.29) is 5.54 Å². The molecule has 0 aliphatic heterocycles. The van der Waals surface area contributed by atoms with E-state index in [1.165, 1.54) is 0 Å². The molecule has 1 N–H and O–H groups in total. The highest BCUT2D eigenvalue weighted by molar-refractivity contribution is 5.06. The summed E-state index contributed by atoms with van der Waals surface area (Å²) in [6.45, 7) is 12.9. The largest absolute Gasteiger partial charge is 0.303 e. The van der Waals surface area contributed by atoms with Gasteiger partial charge in [0.1, 0.15) is 5.54 Å². The second-order valence-electron chi connectivity index (χ2n) is 5.65. The Morgan fingerprint density at radius 3 is 2.28 bits per heavy atom. The minimum absolute atomic E-state index is 0.323. The van der Waals surface area contributed by atoms with Crippen molar-refractivity contribution in [3.8, 4) is 6.07 Å². The quantitative estimate of drug-likeness (QED) is 0.686. The Balaban J connectivity index is 4.19. The fourth-order valence-electron chi connectivity index (χ4n) is 2.25. The Morgan fingerprint density at radius 1 is 1.28 bits per heavy atom. The molecule has 0 saturated carbocycles. The lowest BCUT2D eigenvalue weighted by atomic mass is 9.91. The van der Waals surface area contributed by atoms with Crippen LogP contribution in [0, 0.1) is 17.2 Å². The van der Waals surface area contributed by atoms with E-state index >= 15 is 0 Å². The molecule has 18 heavy (non-hydrogen) atoms. The van der Waals surface area contributed by atoms with E-state index < -0.39 is 0 Å². The van der Waals surface area contributed by atoms with Crippen molar-refractivity contribution in [2.24, 2.45) is 5.92 Å². The number of hydrogen-bond acceptors (Lipinski definition) is 3. The van der Waals surface area contributed by atoms with Crippen molar-refractivity contribution in [1.82, 2.24) is 10.2 Å². The molecule has 0 aromatic heterocycles. The molecule has 0 aliphatic carbocycles. The Hall–Kier alpha value is -0.590. The maximum Gasteiger partial charge on any atom is 0.106 e. The molecule has 0 aromatic rings. The summed E-state index contributed by atoms with van der Waals surface area (Å²) in [5.41, 5.74) is -0.323. The van der Waals surface area contributed by atoms with Crippen LogP contribution in [0.3, 0.4) is 0 Å². The van der Waals surface area contributed by atoms with Crippen LogP contribution in [0.25, 0.3) is 0 Å². The van der Waals surface area contributed by atoms with Crippen LogP contribution in [0.1, 0.15) is 53.9 Å². The molecule has 3 nitrogen and oxygen atoms in total. The second-order valence-corrected chi connectivity index (χ2v) is 5.65. The molecule has 0 radical (unpaired) electrons. The SMILES string of the molecule is CCNC(C#N)(CC)CCCN(C)C(C)C(C)C. The summed E-state index contributed by atoms with van der Waals surface area (Å²) in [4.78, 5) is 2.40. The predicted molar refractivity (Wildman–Crippen MR) is 78.5 cm³/mol. The minimum atomic E-state index is -0.323. The number of nitrogens with zero attached hydrogens (tertiary/aromatic N) is 2. The van der Waals surface area contributed by atoms with E-state index in [4.69, 9.17) is 0 Å². The van der Waals surface area contributed by atoms with Gasteiger partial charge in [-0.1, -0.05) is 27.7 Å². The van der Waals surface area contributed by atoms with E-state index in [1.54, 1.807) is 0 Å². The van der Waals surface area contributed by atoms with E-state index in [1.807, 2.05) is 0 Å². The maximum absolute atomic E-state index is 9.34. The predicted octanol–water partition coefficient (Wildman–Crippen LogP) is 3.02. The first kappa shape index (κ1) is 17.4. The van der Waals surface area contributed by atoms with Gasteiger partial charge in [-0.25, -0.2) is 0 Å². The molecule has 0 rings (SSSR count). The van der Waals surface area contributed by atoms with Crippen LogP contribution in [0.5, 0.6) is 0 Å². The van der Waals surface area contributed by atoms with Crippen molar-refractivity contribution in [2.75, 3.05) is 20.1 Å². The van der Waals surface area contributed by atoms with Crippen molar-refractivity contribution in [3.05, 3.63) is 0 Å². The van der Waals surface area contributed by atoms with E-state index in [0.29, 0.717) is 12.0 Å². The first-order valence-corrected chi connectivity index (χ1v) is 7.29.